The van der Waals surface area contributed by atoms with Crippen LogP contribution in [0.3, 0.4) is 0 Å². The van der Waals surface area contributed by atoms with E-state index < -0.39 is 5.54 Å². The Morgan fingerprint density at radius 3 is 2.44 bits per heavy atom. The summed E-state index contributed by atoms with van der Waals surface area (Å²) in [4.78, 5) is 0. The van der Waals surface area contributed by atoms with Crippen molar-refractivity contribution in [2.24, 2.45) is 0 Å². The third-order valence-corrected chi connectivity index (χ3v) is 2.35. The van der Waals surface area contributed by atoms with E-state index in [1.54, 1.807) is 7.11 Å². The van der Waals surface area contributed by atoms with E-state index in [4.69, 9.17) is 4.74 Å². The molecule has 0 aliphatic carbocycles. The number of hydrogen-bond acceptors (Lipinski definition) is 3. The second kappa shape index (κ2) is 5.64. The maximum absolute atomic E-state index is 9.42. The number of nitrogens with zero attached hydrogens (tertiary/aromatic N) is 1. The Bertz CT molecular complexity index is 356. The van der Waals surface area contributed by atoms with E-state index in [0.29, 0.717) is 6.61 Å². The fraction of sp³-hybridized carbons (Fsp3) is 0.462. The first kappa shape index (κ1) is 12.7. The molecule has 16 heavy (non-hydrogen) atoms. The topological polar surface area (TPSA) is 45.0 Å². The molecule has 3 nitrogen and oxygen atoms in total. The lowest BCUT2D eigenvalue weighted by Crippen LogP contribution is -2.48. The molecule has 0 bridgehead atoms. The van der Waals surface area contributed by atoms with Gasteiger partial charge < -0.3 is 4.74 Å². The Labute approximate surface area is 97.0 Å². The molecule has 0 spiro atoms. The van der Waals surface area contributed by atoms with E-state index in [1.165, 1.54) is 0 Å². The zero-order valence-corrected chi connectivity index (χ0v) is 10.0. The summed E-state index contributed by atoms with van der Waals surface area (Å²) < 4.78 is 5.17. The van der Waals surface area contributed by atoms with E-state index >= 15 is 0 Å². The molecule has 3 heteroatoms. The number of methoxy groups -OCH3 is 1. The summed E-state index contributed by atoms with van der Waals surface area (Å²) in [6.45, 7) is 4.38. The second-order valence-corrected chi connectivity index (χ2v) is 4.12. The summed E-state index contributed by atoms with van der Waals surface area (Å²) in [7, 11) is 1.61. The average molecular weight is 218 g/mol. The summed E-state index contributed by atoms with van der Waals surface area (Å²) in [6.07, 6.45) is 0. The minimum absolute atomic E-state index is 0.218. The molecule has 86 valence electrons. The van der Waals surface area contributed by atoms with Crippen LogP contribution in [0.5, 0.6) is 0 Å². The Morgan fingerprint density at radius 2 is 2.00 bits per heavy atom. The first-order valence-electron chi connectivity index (χ1n) is 5.38. The van der Waals surface area contributed by atoms with Crippen molar-refractivity contribution in [1.29, 1.82) is 5.26 Å². The molecular formula is C13H18N2O. The number of nitrogens with one attached hydrogen (secondary N) is 1. The van der Waals surface area contributed by atoms with Crippen molar-refractivity contribution in [3.05, 3.63) is 35.9 Å². The van der Waals surface area contributed by atoms with Crippen LogP contribution in [-0.2, 0) is 10.3 Å². The number of hydrogen-bond donors (Lipinski definition) is 1. The van der Waals surface area contributed by atoms with Gasteiger partial charge in [-0.15, -0.1) is 0 Å². The van der Waals surface area contributed by atoms with Gasteiger partial charge in [-0.3, -0.25) is 5.32 Å². The third kappa shape index (κ3) is 2.82. The summed E-state index contributed by atoms with van der Waals surface area (Å²) >= 11 is 0. The molecular weight excluding hydrogens is 200 g/mol. The predicted octanol–water partition coefficient (Wildman–Crippen LogP) is 2.05. The highest BCUT2D eigenvalue weighted by Gasteiger charge is 2.32. The number of nitriles is 1. The zero-order chi connectivity index (χ0) is 12.0. The van der Waals surface area contributed by atoms with Crippen LogP contribution in [0.4, 0.5) is 0 Å². The summed E-state index contributed by atoms with van der Waals surface area (Å²) in [6, 6.07) is 12.2. The monoisotopic (exact) mass is 218 g/mol. The van der Waals surface area contributed by atoms with Crippen LogP contribution in [-0.4, -0.2) is 19.8 Å². The van der Waals surface area contributed by atoms with Gasteiger partial charge >= 0.3 is 0 Å². The number of rotatable bonds is 5. The zero-order valence-electron chi connectivity index (χ0n) is 10.0. The normalized spacial score (nSPS) is 14.4. The van der Waals surface area contributed by atoms with Crippen molar-refractivity contribution >= 4 is 0 Å². The lowest BCUT2D eigenvalue weighted by molar-refractivity contribution is 0.132. The highest BCUT2D eigenvalue weighted by molar-refractivity contribution is 5.31. The van der Waals surface area contributed by atoms with Gasteiger partial charge in [0.15, 0.2) is 5.54 Å². The van der Waals surface area contributed by atoms with Crippen LogP contribution < -0.4 is 5.32 Å². The molecule has 1 atom stereocenters. The smallest absolute Gasteiger partial charge is 0.155 e. The Hall–Kier alpha value is -1.37. The van der Waals surface area contributed by atoms with E-state index in [1.807, 2.05) is 44.2 Å². The van der Waals surface area contributed by atoms with Gasteiger partial charge in [-0.25, -0.2) is 0 Å². The summed E-state index contributed by atoms with van der Waals surface area (Å²) in [5, 5.41) is 12.7. The summed E-state index contributed by atoms with van der Waals surface area (Å²) in [5.41, 5.74) is 0.178. The molecule has 1 unspecified atom stereocenters. The molecule has 0 amide bonds. The maximum Gasteiger partial charge on any atom is 0.155 e. The van der Waals surface area contributed by atoms with E-state index in [0.717, 1.165) is 5.56 Å². The first-order valence-corrected chi connectivity index (χ1v) is 5.38. The number of benzene rings is 1. The van der Waals surface area contributed by atoms with Crippen LogP contribution in [0.25, 0.3) is 0 Å². The van der Waals surface area contributed by atoms with E-state index in [2.05, 4.69) is 11.4 Å². The van der Waals surface area contributed by atoms with Crippen LogP contribution in [0.1, 0.15) is 19.4 Å². The Morgan fingerprint density at radius 1 is 1.38 bits per heavy atom. The van der Waals surface area contributed by atoms with Gasteiger partial charge in [-0.1, -0.05) is 30.3 Å². The first-order chi connectivity index (χ1) is 7.64. The van der Waals surface area contributed by atoms with Crippen LogP contribution in [0.15, 0.2) is 30.3 Å². The maximum atomic E-state index is 9.42. The molecule has 0 aliphatic heterocycles. The molecule has 0 fully saturated rings. The van der Waals surface area contributed by atoms with Gasteiger partial charge in [0.2, 0.25) is 0 Å². The largest absolute Gasteiger partial charge is 0.381 e. The fourth-order valence-corrected chi connectivity index (χ4v) is 1.77. The molecule has 0 saturated carbocycles. The third-order valence-electron chi connectivity index (χ3n) is 2.35. The van der Waals surface area contributed by atoms with Gasteiger partial charge in [0.25, 0.3) is 0 Å². The van der Waals surface area contributed by atoms with Crippen LogP contribution >= 0.6 is 0 Å². The highest BCUT2D eigenvalue weighted by Crippen LogP contribution is 2.21. The van der Waals surface area contributed by atoms with Crippen LogP contribution in [0, 0.1) is 11.3 Å². The SMILES string of the molecule is COCC(C#N)(NC(C)C)c1ccccc1. The molecule has 1 N–H and O–H groups in total. The average Bonchev–Trinajstić information content (AvgIpc) is 2.29. The number of ether oxygens (including phenoxy) is 1. The van der Waals surface area contributed by atoms with Crippen molar-refractivity contribution in [2.45, 2.75) is 25.4 Å². The van der Waals surface area contributed by atoms with Crippen molar-refractivity contribution in [2.75, 3.05) is 13.7 Å². The minimum atomic E-state index is -0.760. The van der Waals surface area contributed by atoms with E-state index in [-0.39, 0.29) is 6.04 Å². The molecule has 0 saturated heterocycles. The summed E-state index contributed by atoms with van der Waals surface area (Å²) in [5.74, 6) is 0. The molecule has 0 aromatic heterocycles. The van der Waals surface area contributed by atoms with Gasteiger partial charge in [-0.2, -0.15) is 5.26 Å². The second-order valence-electron chi connectivity index (χ2n) is 4.12. The van der Waals surface area contributed by atoms with Gasteiger partial charge in [0, 0.05) is 13.2 Å². The standard InChI is InChI=1S/C13H18N2O/c1-11(2)15-13(9-14,10-16-3)12-7-5-4-6-8-12/h4-8,11,15H,10H2,1-3H3. The predicted molar refractivity (Wildman–Crippen MR) is 63.9 cm³/mol. The van der Waals surface area contributed by atoms with Crippen molar-refractivity contribution < 1.29 is 4.74 Å². The van der Waals surface area contributed by atoms with Crippen molar-refractivity contribution in [3.8, 4) is 6.07 Å². The van der Waals surface area contributed by atoms with Crippen LogP contribution in [0.2, 0.25) is 0 Å². The molecule has 0 radical (unpaired) electrons. The molecule has 0 heterocycles. The van der Waals surface area contributed by atoms with E-state index in [9.17, 15) is 5.26 Å². The molecule has 1 rings (SSSR count). The molecule has 1 aromatic rings. The van der Waals surface area contributed by atoms with Gasteiger partial charge in [0.05, 0.1) is 12.7 Å². The van der Waals surface area contributed by atoms with Gasteiger partial charge in [-0.05, 0) is 19.4 Å². The quantitative estimate of drug-likeness (QED) is 0.822. The van der Waals surface area contributed by atoms with Crippen molar-refractivity contribution in [1.82, 2.24) is 5.32 Å². The van der Waals surface area contributed by atoms with Crippen molar-refractivity contribution in [3.63, 3.8) is 0 Å². The fourth-order valence-electron chi connectivity index (χ4n) is 1.77. The lowest BCUT2D eigenvalue weighted by atomic mass is 9.91. The Kier molecular flexibility index (Phi) is 4.48. The Balaban J connectivity index is 3.08. The molecule has 1 aromatic carbocycles. The minimum Gasteiger partial charge on any atom is -0.381 e. The highest BCUT2D eigenvalue weighted by atomic mass is 16.5. The lowest BCUT2D eigenvalue weighted by Gasteiger charge is -2.29. The molecule has 0 aliphatic rings. The van der Waals surface area contributed by atoms with Gasteiger partial charge in [0.1, 0.15) is 0 Å².